The molecule has 2 fully saturated rings. The van der Waals surface area contributed by atoms with Gasteiger partial charge in [0.05, 0.1) is 0 Å². The van der Waals surface area contributed by atoms with Gasteiger partial charge in [-0.3, -0.25) is 4.79 Å². The summed E-state index contributed by atoms with van der Waals surface area (Å²) in [4.78, 5) is 28.5. The number of hydrogen-bond donors (Lipinski definition) is 0. The molecule has 2 aliphatic rings. The SMILES string of the molecule is Cc1cccc(N2CCN(c3cc(C(=O)N4CCCCC4)nc(C)n3)CC2)c1. The van der Waals surface area contributed by atoms with Crippen molar-refractivity contribution in [1.82, 2.24) is 14.9 Å². The average Bonchev–Trinajstić information content (AvgIpc) is 2.73. The lowest BCUT2D eigenvalue weighted by atomic mass is 10.1. The highest BCUT2D eigenvalue weighted by atomic mass is 16.2. The summed E-state index contributed by atoms with van der Waals surface area (Å²) in [6.45, 7) is 9.36. The number of rotatable bonds is 3. The Hall–Kier alpha value is -2.63. The number of aromatic nitrogens is 2. The molecular formula is C22H29N5O. The smallest absolute Gasteiger partial charge is 0.272 e. The molecule has 148 valence electrons. The number of likely N-dealkylation sites (tertiary alicyclic amines) is 1. The number of carbonyl (C=O) groups is 1. The van der Waals surface area contributed by atoms with E-state index in [0.717, 1.165) is 57.9 Å². The number of piperidine rings is 1. The minimum atomic E-state index is 0.0462. The molecule has 3 heterocycles. The fraction of sp³-hybridized carbons (Fsp3) is 0.500. The normalized spacial score (nSPS) is 17.7. The quantitative estimate of drug-likeness (QED) is 0.820. The van der Waals surface area contributed by atoms with Crippen LogP contribution in [0.5, 0.6) is 0 Å². The van der Waals surface area contributed by atoms with Crippen LogP contribution in [-0.2, 0) is 0 Å². The molecule has 2 saturated heterocycles. The molecule has 0 atom stereocenters. The Bertz CT molecular complexity index is 839. The molecule has 0 bridgehead atoms. The van der Waals surface area contributed by atoms with E-state index in [2.05, 4.69) is 51.0 Å². The molecule has 2 aliphatic heterocycles. The summed E-state index contributed by atoms with van der Waals surface area (Å²) in [6, 6.07) is 10.5. The summed E-state index contributed by atoms with van der Waals surface area (Å²) >= 11 is 0. The van der Waals surface area contributed by atoms with Crippen molar-refractivity contribution < 1.29 is 4.79 Å². The van der Waals surface area contributed by atoms with Crippen molar-refractivity contribution in [2.24, 2.45) is 0 Å². The van der Waals surface area contributed by atoms with Crippen LogP contribution in [0.1, 0.15) is 41.1 Å². The van der Waals surface area contributed by atoms with Gasteiger partial charge >= 0.3 is 0 Å². The number of hydrogen-bond acceptors (Lipinski definition) is 5. The summed E-state index contributed by atoms with van der Waals surface area (Å²) in [5, 5.41) is 0. The topological polar surface area (TPSA) is 52.6 Å². The standard InChI is InChI=1S/C22H29N5O/c1-17-7-6-8-19(15-17)25-11-13-26(14-12-25)21-16-20(23-18(2)24-21)22(28)27-9-4-3-5-10-27/h6-8,15-16H,3-5,9-14H2,1-2H3. The molecule has 6 heteroatoms. The van der Waals surface area contributed by atoms with Crippen molar-refractivity contribution in [3.8, 4) is 0 Å². The van der Waals surface area contributed by atoms with E-state index in [0.29, 0.717) is 11.5 Å². The fourth-order valence-electron chi connectivity index (χ4n) is 4.10. The molecule has 2 aromatic rings. The second-order valence-electron chi connectivity index (χ2n) is 7.82. The predicted molar refractivity (Wildman–Crippen MR) is 112 cm³/mol. The minimum absolute atomic E-state index is 0.0462. The van der Waals surface area contributed by atoms with Gasteiger partial charge in [-0.1, -0.05) is 12.1 Å². The van der Waals surface area contributed by atoms with E-state index in [-0.39, 0.29) is 5.91 Å². The first-order chi connectivity index (χ1) is 13.6. The zero-order chi connectivity index (χ0) is 19.5. The molecule has 1 amide bonds. The van der Waals surface area contributed by atoms with Gasteiger partial charge in [-0.2, -0.15) is 0 Å². The zero-order valence-corrected chi connectivity index (χ0v) is 16.9. The van der Waals surface area contributed by atoms with Crippen LogP contribution in [0, 0.1) is 13.8 Å². The van der Waals surface area contributed by atoms with E-state index in [1.807, 2.05) is 17.9 Å². The average molecular weight is 380 g/mol. The summed E-state index contributed by atoms with van der Waals surface area (Å²) in [7, 11) is 0. The summed E-state index contributed by atoms with van der Waals surface area (Å²) in [5.74, 6) is 1.58. The van der Waals surface area contributed by atoms with Crippen LogP contribution in [0.15, 0.2) is 30.3 Å². The van der Waals surface area contributed by atoms with Gasteiger partial charge in [0.25, 0.3) is 5.91 Å². The van der Waals surface area contributed by atoms with Crippen LogP contribution in [0.4, 0.5) is 11.5 Å². The van der Waals surface area contributed by atoms with Crippen molar-refractivity contribution in [3.63, 3.8) is 0 Å². The molecule has 1 aromatic carbocycles. The van der Waals surface area contributed by atoms with E-state index in [1.165, 1.54) is 17.7 Å². The molecular weight excluding hydrogens is 350 g/mol. The predicted octanol–water partition coefficient (Wildman–Crippen LogP) is 3.05. The Labute approximate surface area is 167 Å². The van der Waals surface area contributed by atoms with Crippen molar-refractivity contribution in [1.29, 1.82) is 0 Å². The maximum absolute atomic E-state index is 12.9. The Morgan fingerprint density at radius 1 is 0.857 bits per heavy atom. The molecule has 6 nitrogen and oxygen atoms in total. The van der Waals surface area contributed by atoms with Gasteiger partial charge in [-0.15, -0.1) is 0 Å². The number of carbonyl (C=O) groups excluding carboxylic acids is 1. The first-order valence-corrected chi connectivity index (χ1v) is 10.3. The molecule has 28 heavy (non-hydrogen) atoms. The third-order valence-corrected chi connectivity index (χ3v) is 5.66. The van der Waals surface area contributed by atoms with Crippen molar-refractivity contribution in [2.45, 2.75) is 33.1 Å². The van der Waals surface area contributed by atoms with E-state index in [1.54, 1.807) is 0 Å². The lowest BCUT2D eigenvalue weighted by Crippen LogP contribution is -2.47. The fourth-order valence-corrected chi connectivity index (χ4v) is 4.10. The van der Waals surface area contributed by atoms with Gasteiger partial charge in [-0.25, -0.2) is 9.97 Å². The largest absolute Gasteiger partial charge is 0.368 e. The third-order valence-electron chi connectivity index (χ3n) is 5.66. The van der Waals surface area contributed by atoms with Crippen LogP contribution >= 0.6 is 0 Å². The molecule has 0 saturated carbocycles. The number of amides is 1. The van der Waals surface area contributed by atoms with Crippen LogP contribution in [-0.4, -0.2) is 60.0 Å². The lowest BCUT2D eigenvalue weighted by molar-refractivity contribution is 0.0718. The van der Waals surface area contributed by atoms with Crippen LogP contribution < -0.4 is 9.80 Å². The maximum atomic E-state index is 12.9. The zero-order valence-electron chi connectivity index (χ0n) is 16.9. The number of benzene rings is 1. The van der Waals surface area contributed by atoms with E-state index in [9.17, 15) is 4.79 Å². The van der Waals surface area contributed by atoms with Crippen LogP contribution in [0.25, 0.3) is 0 Å². The van der Waals surface area contributed by atoms with Crippen molar-refractivity contribution in [3.05, 3.63) is 47.4 Å². The minimum Gasteiger partial charge on any atom is -0.368 e. The maximum Gasteiger partial charge on any atom is 0.272 e. The van der Waals surface area contributed by atoms with Gasteiger partial charge in [0.1, 0.15) is 17.3 Å². The van der Waals surface area contributed by atoms with Crippen LogP contribution in [0.2, 0.25) is 0 Å². The molecule has 1 aromatic heterocycles. The lowest BCUT2D eigenvalue weighted by Gasteiger charge is -2.37. The third kappa shape index (κ3) is 4.11. The van der Waals surface area contributed by atoms with Crippen molar-refractivity contribution in [2.75, 3.05) is 49.1 Å². The van der Waals surface area contributed by atoms with Gasteiger partial charge < -0.3 is 14.7 Å². The van der Waals surface area contributed by atoms with Gasteiger partial charge in [0.15, 0.2) is 0 Å². The number of nitrogens with zero attached hydrogens (tertiary/aromatic N) is 5. The number of aryl methyl sites for hydroxylation is 2. The molecule has 0 radical (unpaired) electrons. The molecule has 0 spiro atoms. The van der Waals surface area contributed by atoms with Gasteiger partial charge in [-0.05, 0) is 50.8 Å². The van der Waals surface area contributed by atoms with Crippen molar-refractivity contribution >= 4 is 17.4 Å². The summed E-state index contributed by atoms with van der Waals surface area (Å²) in [5.41, 5.74) is 3.09. The van der Waals surface area contributed by atoms with Gasteiger partial charge in [0, 0.05) is 51.0 Å². The Kier molecular flexibility index (Phi) is 5.46. The highest BCUT2D eigenvalue weighted by Crippen LogP contribution is 2.21. The summed E-state index contributed by atoms with van der Waals surface area (Å²) < 4.78 is 0. The van der Waals surface area contributed by atoms with E-state index < -0.39 is 0 Å². The Balaban J connectivity index is 1.46. The first-order valence-electron chi connectivity index (χ1n) is 10.3. The Morgan fingerprint density at radius 2 is 1.57 bits per heavy atom. The number of piperazine rings is 1. The molecule has 0 N–H and O–H groups in total. The van der Waals surface area contributed by atoms with E-state index >= 15 is 0 Å². The highest BCUT2D eigenvalue weighted by molar-refractivity contribution is 5.93. The second-order valence-corrected chi connectivity index (χ2v) is 7.82. The monoisotopic (exact) mass is 379 g/mol. The second kappa shape index (κ2) is 8.17. The molecule has 4 rings (SSSR count). The Morgan fingerprint density at radius 3 is 2.29 bits per heavy atom. The highest BCUT2D eigenvalue weighted by Gasteiger charge is 2.23. The first kappa shape index (κ1) is 18.7. The molecule has 0 aliphatic carbocycles. The van der Waals surface area contributed by atoms with E-state index in [4.69, 9.17) is 0 Å². The summed E-state index contributed by atoms with van der Waals surface area (Å²) in [6.07, 6.45) is 3.39. The van der Waals surface area contributed by atoms with Crippen LogP contribution in [0.3, 0.4) is 0 Å². The van der Waals surface area contributed by atoms with Gasteiger partial charge in [0.2, 0.25) is 0 Å². The number of anilines is 2. The molecule has 0 unspecified atom stereocenters.